The van der Waals surface area contributed by atoms with Crippen molar-refractivity contribution in [2.45, 2.75) is 90.6 Å². The summed E-state index contributed by atoms with van der Waals surface area (Å²) in [6.45, 7) is 8.47. The molecule has 4 aliphatic carbocycles. The summed E-state index contributed by atoms with van der Waals surface area (Å²) in [5.41, 5.74) is 0.340. The molecule has 4 fully saturated rings. The predicted octanol–water partition coefficient (Wildman–Crippen LogP) is 4.77. The Kier molecular flexibility index (Phi) is 4.32. The second-order valence-electron chi connectivity index (χ2n) is 10.5. The third kappa shape index (κ3) is 2.39. The van der Waals surface area contributed by atoms with E-state index in [1.807, 2.05) is 6.08 Å². The lowest BCUT2D eigenvalue weighted by molar-refractivity contribution is -0.182. The summed E-state index contributed by atoms with van der Waals surface area (Å²) in [4.78, 5) is 25.0. The molecule has 8 atom stereocenters. The summed E-state index contributed by atoms with van der Waals surface area (Å²) in [5, 5.41) is 0. The maximum atomic E-state index is 13.1. The van der Waals surface area contributed by atoms with Crippen molar-refractivity contribution in [3.8, 4) is 0 Å². The molecule has 0 bridgehead atoms. The number of allylic oxidation sites excluding steroid dienone is 4. The van der Waals surface area contributed by atoms with E-state index in [0.29, 0.717) is 17.8 Å². The fourth-order valence-corrected chi connectivity index (χ4v) is 8.03. The van der Waals surface area contributed by atoms with Crippen molar-refractivity contribution in [3.05, 3.63) is 23.8 Å². The highest BCUT2D eigenvalue weighted by molar-refractivity contribution is 6.01. The third-order valence-corrected chi connectivity index (χ3v) is 9.40. The average Bonchev–Trinajstić information content (AvgIpc) is 3.15. The van der Waals surface area contributed by atoms with E-state index in [-0.39, 0.29) is 34.8 Å². The van der Waals surface area contributed by atoms with Gasteiger partial charge >= 0.3 is 0 Å². The highest BCUT2D eigenvalue weighted by Gasteiger charge is 2.73. The quantitative estimate of drug-likeness (QED) is 0.687. The molecular formula is C25H34O4. The molecule has 1 aliphatic heterocycles. The number of ether oxygens (including phenoxy) is 2. The van der Waals surface area contributed by atoms with Gasteiger partial charge in [-0.2, -0.15) is 0 Å². The van der Waals surface area contributed by atoms with Crippen molar-refractivity contribution < 1.29 is 19.1 Å². The Bertz CT molecular complexity index is 812. The summed E-state index contributed by atoms with van der Waals surface area (Å²) in [5.74, 6) is 1.79. The molecule has 5 rings (SSSR count). The van der Waals surface area contributed by atoms with Gasteiger partial charge in [0.15, 0.2) is 23.5 Å². The largest absolute Gasteiger partial charge is 0.346 e. The fourth-order valence-electron chi connectivity index (χ4n) is 8.03. The van der Waals surface area contributed by atoms with Gasteiger partial charge in [0.1, 0.15) is 0 Å². The monoisotopic (exact) mass is 398 g/mol. The van der Waals surface area contributed by atoms with E-state index in [0.717, 1.165) is 44.9 Å². The van der Waals surface area contributed by atoms with E-state index in [1.54, 1.807) is 13.0 Å². The van der Waals surface area contributed by atoms with Crippen LogP contribution in [0.15, 0.2) is 23.8 Å². The number of Topliss-reactive ketones (excluding diaryl/α,β-unsaturated/α-hetero) is 1. The molecule has 4 heteroatoms. The maximum absolute atomic E-state index is 13.1. The van der Waals surface area contributed by atoms with Crippen LogP contribution in [-0.2, 0) is 19.1 Å². The molecule has 0 radical (unpaired) electrons. The lowest BCUT2D eigenvalue weighted by Gasteiger charge is -2.58. The van der Waals surface area contributed by atoms with E-state index in [2.05, 4.69) is 26.8 Å². The molecule has 5 aliphatic rings. The molecule has 0 aromatic rings. The van der Waals surface area contributed by atoms with Gasteiger partial charge in [0.05, 0.1) is 6.10 Å². The van der Waals surface area contributed by atoms with Crippen molar-refractivity contribution in [3.63, 3.8) is 0 Å². The summed E-state index contributed by atoms with van der Waals surface area (Å²) >= 11 is 0. The van der Waals surface area contributed by atoms with Gasteiger partial charge < -0.3 is 9.47 Å². The molecule has 4 nitrogen and oxygen atoms in total. The molecule has 0 spiro atoms. The first-order valence-corrected chi connectivity index (χ1v) is 11.5. The second kappa shape index (κ2) is 6.37. The van der Waals surface area contributed by atoms with Crippen LogP contribution in [0.1, 0.15) is 72.6 Å². The smallest absolute Gasteiger partial charge is 0.178 e. The minimum atomic E-state index is -0.780. The van der Waals surface area contributed by atoms with Crippen LogP contribution >= 0.6 is 0 Å². The Balaban J connectivity index is 1.51. The lowest BCUT2D eigenvalue weighted by Crippen LogP contribution is -2.59. The molecule has 0 N–H and O–H groups in total. The molecular weight excluding hydrogens is 364 g/mol. The zero-order valence-electron chi connectivity index (χ0n) is 18.2. The summed E-state index contributed by atoms with van der Waals surface area (Å²) in [6.07, 6.45) is 12.4. The van der Waals surface area contributed by atoms with E-state index < -0.39 is 5.60 Å². The van der Waals surface area contributed by atoms with Crippen LogP contribution in [0.5, 0.6) is 0 Å². The molecule has 1 saturated heterocycles. The number of rotatable bonds is 3. The topological polar surface area (TPSA) is 52.6 Å². The number of ketones is 2. The minimum Gasteiger partial charge on any atom is -0.346 e. The zero-order chi connectivity index (χ0) is 20.6. The van der Waals surface area contributed by atoms with Crippen molar-refractivity contribution in [2.24, 2.45) is 28.6 Å². The number of carbonyl (C=O) groups excluding carboxylic acids is 2. The highest BCUT2D eigenvalue weighted by Crippen LogP contribution is 2.69. The number of hydrogen-bond donors (Lipinski definition) is 0. The van der Waals surface area contributed by atoms with E-state index in [1.165, 1.54) is 5.57 Å². The first kappa shape index (κ1) is 19.7. The third-order valence-electron chi connectivity index (χ3n) is 9.40. The van der Waals surface area contributed by atoms with Gasteiger partial charge in [-0.05, 0) is 75.4 Å². The Hall–Kier alpha value is -1.26. The first-order valence-electron chi connectivity index (χ1n) is 11.5. The maximum Gasteiger partial charge on any atom is 0.178 e. The van der Waals surface area contributed by atoms with Crippen LogP contribution < -0.4 is 0 Å². The SMILES string of the molecule is CCCC1O[C@H]2C[C@H]3[C@@H]4CCC5=CC(=O)C=C[C@]5(C)[C@H]4CC[C@]3(C)[C@]2(C(C)=O)O1. The van der Waals surface area contributed by atoms with Crippen molar-refractivity contribution >= 4 is 11.6 Å². The van der Waals surface area contributed by atoms with Crippen molar-refractivity contribution in [2.75, 3.05) is 0 Å². The zero-order valence-corrected chi connectivity index (χ0v) is 18.2. The van der Waals surface area contributed by atoms with Crippen LogP contribution in [0, 0.1) is 28.6 Å². The van der Waals surface area contributed by atoms with E-state index >= 15 is 0 Å². The lowest BCUT2D eigenvalue weighted by atomic mass is 9.47. The van der Waals surface area contributed by atoms with Gasteiger partial charge in [0.2, 0.25) is 0 Å². The molecule has 3 saturated carbocycles. The normalized spacial score (nSPS) is 50.4. The molecule has 29 heavy (non-hydrogen) atoms. The van der Waals surface area contributed by atoms with E-state index in [4.69, 9.17) is 9.47 Å². The van der Waals surface area contributed by atoms with Crippen molar-refractivity contribution in [1.29, 1.82) is 0 Å². The summed E-state index contributed by atoms with van der Waals surface area (Å²) < 4.78 is 12.9. The Labute approximate surface area is 174 Å². The van der Waals surface area contributed by atoms with Gasteiger partial charge in [-0.15, -0.1) is 0 Å². The highest BCUT2D eigenvalue weighted by atomic mass is 16.7. The van der Waals surface area contributed by atoms with E-state index in [9.17, 15) is 9.59 Å². The molecule has 0 aromatic heterocycles. The second-order valence-corrected chi connectivity index (χ2v) is 10.5. The van der Waals surface area contributed by atoms with Crippen LogP contribution in [0.4, 0.5) is 0 Å². The van der Waals surface area contributed by atoms with Gasteiger partial charge in [0, 0.05) is 10.8 Å². The fraction of sp³-hybridized carbons (Fsp3) is 0.760. The molecule has 1 unspecified atom stereocenters. The molecule has 158 valence electrons. The van der Waals surface area contributed by atoms with Gasteiger partial charge in [-0.25, -0.2) is 0 Å². The first-order chi connectivity index (χ1) is 13.8. The molecule has 0 aromatic carbocycles. The number of hydrogen-bond acceptors (Lipinski definition) is 4. The Morgan fingerprint density at radius 3 is 2.76 bits per heavy atom. The summed E-state index contributed by atoms with van der Waals surface area (Å²) in [7, 11) is 0. The standard InChI is InChI=1S/C25H34O4/c1-5-6-22-28-21-14-20-18-8-7-16-13-17(27)9-11-23(16,3)19(18)10-12-24(20,4)25(21,29-22)15(2)26/h9,11,13,18-22H,5-8,10,12,14H2,1-4H3/t18-,19+,20+,21+,22?,23+,24+,25-/m1/s1. The number of fused-ring (bicyclic) bond motifs is 7. The van der Waals surface area contributed by atoms with Gasteiger partial charge in [-0.1, -0.05) is 38.8 Å². The number of carbonyl (C=O) groups is 2. The molecule has 0 amide bonds. The Morgan fingerprint density at radius 2 is 2.03 bits per heavy atom. The van der Waals surface area contributed by atoms with Crippen LogP contribution in [0.2, 0.25) is 0 Å². The van der Waals surface area contributed by atoms with Gasteiger partial charge in [-0.3, -0.25) is 9.59 Å². The van der Waals surface area contributed by atoms with Crippen LogP contribution in [0.3, 0.4) is 0 Å². The Morgan fingerprint density at radius 1 is 1.24 bits per heavy atom. The molecule has 1 heterocycles. The van der Waals surface area contributed by atoms with Crippen molar-refractivity contribution in [1.82, 2.24) is 0 Å². The van der Waals surface area contributed by atoms with Gasteiger partial charge in [0.25, 0.3) is 0 Å². The van der Waals surface area contributed by atoms with Crippen LogP contribution in [0.25, 0.3) is 0 Å². The van der Waals surface area contributed by atoms with Crippen LogP contribution in [-0.4, -0.2) is 29.6 Å². The summed E-state index contributed by atoms with van der Waals surface area (Å²) in [6, 6.07) is 0. The predicted molar refractivity (Wildman–Crippen MR) is 110 cm³/mol. The minimum absolute atomic E-state index is 0.0221. The average molecular weight is 399 g/mol.